The largest absolute Gasteiger partial charge is 0.265 e. The van der Waals surface area contributed by atoms with Crippen molar-refractivity contribution in [3.05, 3.63) is 71.4 Å². The number of nitrogens with zero attached hydrogens (tertiary/aromatic N) is 1. The first-order valence-corrected chi connectivity index (χ1v) is 4.73. The first-order valence-electron chi connectivity index (χ1n) is 4.35. The fraction of sp³-hybridized carbons (Fsp3) is 0. The van der Waals surface area contributed by atoms with Crippen LogP contribution >= 0.6 is 11.6 Å². The van der Waals surface area contributed by atoms with Crippen molar-refractivity contribution in [1.29, 1.82) is 0 Å². The minimum absolute atomic E-state index is 0.761. The standard InChI is InChI=1S/C12H9ClN/c13-12-3-1-10(2-4-12)9-11-5-7-14-8-6-11/h1-9H. The van der Waals surface area contributed by atoms with E-state index in [2.05, 4.69) is 11.4 Å². The summed E-state index contributed by atoms with van der Waals surface area (Å²) in [5.41, 5.74) is 2.28. The summed E-state index contributed by atoms with van der Waals surface area (Å²) in [7, 11) is 0. The molecule has 1 heterocycles. The Kier molecular flexibility index (Phi) is 2.80. The van der Waals surface area contributed by atoms with Gasteiger partial charge in [0.05, 0.1) is 0 Å². The molecule has 0 aliphatic carbocycles. The van der Waals surface area contributed by atoms with Gasteiger partial charge in [-0.25, -0.2) is 0 Å². The molecule has 0 spiro atoms. The number of halogens is 1. The lowest BCUT2D eigenvalue weighted by molar-refractivity contribution is 1.29. The van der Waals surface area contributed by atoms with Gasteiger partial charge >= 0.3 is 0 Å². The monoisotopic (exact) mass is 202 g/mol. The third-order valence-corrected chi connectivity index (χ3v) is 2.16. The molecule has 69 valence electrons. The zero-order valence-electron chi connectivity index (χ0n) is 7.52. The van der Waals surface area contributed by atoms with Crippen LogP contribution in [-0.2, 0) is 0 Å². The highest BCUT2D eigenvalue weighted by molar-refractivity contribution is 6.30. The molecule has 2 rings (SSSR count). The highest BCUT2D eigenvalue weighted by Gasteiger charge is 1.95. The molecule has 0 fully saturated rings. The Labute approximate surface area is 88.4 Å². The lowest BCUT2D eigenvalue weighted by Gasteiger charge is -2.00. The summed E-state index contributed by atoms with van der Waals surface area (Å²) in [4.78, 5) is 3.96. The molecule has 0 N–H and O–H groups in total. The quantitative estimate of drug-likeness (QED) is 0.728. The maximum Gasteiger partial charge on any atom is 0.0406 e. The van der Waals surface area contributed by atoms with Gasteiger partial charge in [-0.1, -0.05) is 23.7 Å². The van der Waals surface area contributed by atoms with Crippen molar-refractivity contribution < 1.29 is 0 Å². The summed E-state index contributed by atoms with van der Waals surface area (Å²) in [5.74, 6) is 0. The second-order valence-electron chi connectivity index (χ2n) is 2.98. The number of hydrogen-bond acceptors (Lipinski definition) is 1. The Morgan fingerprint density at radius 1 is 0.857 bits per heavy atom. The van der Waals surface area contributed by atoms with E-state index in [1.807, 2.05) is 36.4 Å². The normalized spacial score (nSPS) is 10.1. The van der Waals surface area contributed by atoms with Crippen LogP contribution in [0.1, 0.15) is 11.1 Å². The van der Waals surface area contributed by atoms with Crippen molar-refractivity contribution in [2.75, 3.05) is 0 Å². The maximum absolute atomic E-state index is 5.79. The maximum atomic E-state index is 5.79. The molecule has 1 nitrogen and oxygen atoms in total. The highest BCUT2D eigenvalue weighted by Crippen LogP contribution is 2.14. The van der Waals surface area contributed by atoms with E-state index >= 15 is 0 Å². The van der Waals surface area contributed by atoms with Crippen LogP contribution in [0.25, 0.3) is 0 Å². The molecule has 0 unspecified atom stereocenters. The minimum Gasteiger partial charge on any atom is -0.265 e. The summed E-state index contributed by atoms with van der Waals surface area (Å²) in [6.45, 7) is 0. The van der Waals surface area contributed by atoms with Crippen LogP contribution in [0.2, 0.25) is 5.02 Å². The third-order valence-electron chi connectivity index (χ3n) is 1.91. The SMILES string of the molecule is Clc1ccc([CH]c2ccncc2)cc1. The minimum atomic E-state index is 0.761. The number of hydrogen-bond donors (Lipinski definition) is 0. The summed E-state index contributed by atoms with van der Waals surface area (Å²) in [5, 5.41) is 0.761. The van der Waals surface area contributed by atoms with Gasteiger partial charge in [0, 0.05) is 23.8 Å². The van der Waals surface area contributed by atoms with Gasteiger partial charge in [0.25, 0.3) is 0 Å². The summed E-state index contributed by atoms with van der Waals surface area (Å²) >= 11 is 5.79. The first kappa shape index (κ1) is 9.22. The van der Waals surface area contributed by atoms with Gasteiger partial charge in [0.1, 0.15) is 0 Å². The fourth-order valence-corrected chi connectivity index (χ4v) is 1.34. The Bertz CT molecular complexity index is 394. The van der Waals surface area contributed by atoms with Crippen LogP contribution in [0.5, 0.6) is 0 Å². The molecule has 1 aromatic carbocycles. The molecule has 2 heteroatoms. The molecule has 0 saturated carbocycles. The van der Waals surface area contributed by atoms with Crippen molar-refractivity contribution in [2.45, 2.75) is 0 Å². The van der Waals surface area contributed by atoms with E-state index < -0.39 is 0 Å². The van der Waals surface area contributed by atoms with Gasteiger partial charge in [-0.15, -0.1) is 0 Å². The average Bonchev–Trinajstić information content (AvgIpc) is 2.23. The van der Waals surface area contributed by atoms with Crippen molar-refractivity contribution >= 4 is 11.6 Å². The van der Waals surface area contributed by atoms with Crippen LogP contribution in [0.15, 0.2) is 48.8 Å². The van der Waals surface area contributed by atoms with Gasteiger partial charge in [-0.05, 0) is 35.4 Å². The van der Waals surface area contributed by atoms with Crippen LogP contribution in [-0.4, -0.2) is 4.98 Å². The molecular weight excluding hydrogens is 194 g/mol. The number of pyridine rings is 1. The molecule has 1 aromatic heterocycles. The lowest BCUT2D eigenvalue weighted by atomic mass is 10.1. The van der Waals surface area contributed by atoms with Gasteiger partial charge in [0.2, 0.25) is 0 Å². The molecule has 14 heavy (non-hydrogen) atoms. The highest BCUT2D eigenvalue weighted by atomic mass is 35.5. The van der Waals surface area contributed by atoms with Crippen LogP contribution < -0.4 is 0 Å². The van der Waals surface area contributed by atoms with Crippen molar-refractivity contribution in [3.8, 4) is 0 Å². The topological polar surface area (TPSA) is 12.9 Å². The molecule has 0 bridgehead atoms. The van der Waals surface area contributed by atoms with E-state index in [1.165, 1.54) is 0 Å². The number of benzene rings is 1. The van der Waals surface area contributed by atoms with Gasteiger partial charge in [-0.2, -0.15) is 0 Å². The zero-order chi connectivity index (χ0) is 9.80. The lowest BCUT2D eigenvalue weighted by Crippen LogP contribution is -1.84. The second-order valence-corrected chi connectivity index (χ2v) is 3.41. The molecule has 0 atom stereocenters. The predicted octanol–water partition coefficient (Wildman–Crippen LogP) is 3.34. The van der Waals surface area contributed by atoms with E-state index in [0.29, 0.717) is 0 Å². The fourth-order valence-electron chi connectivity index (χ4n) is 1.21. The molecule has 0 aliphatic heterocycles. The van der Waals surface area contributed by atoms with E-state index in [-0.39, 0.29) is 0 Å². The Morgan fingerprint density at radius 2 is 1.43 bits per heavy atom. The molecule has 0 saturated heterocycles. The first-order chi connectivity index (χ1) is 6.84. The van der Waals surface area contributed by atoms with E-state index in [4.69, 9.17) is 11.6 Å². The van der Waals surface area contributed by atoms with Gasteiger partial charge < -0.3 is 0 Å². The Morgan fingerprint density at radius 3 is 2.07 bits per heavy atom. The molecule has 0 amide bonds. The van der Waals surface area contributed by atoms with Crippen molar-refractivity contribution in [2.24, 2.45) is 0 Å². The summed E-state index contributed by atoms with van der Waals surface area (Å²) < 4.78 is 0. The number of rotatable bonds is 2. The van der Waals surface area contributed by atoms with E-state index in [9.17, 15) is 0 Å². The van der Waals surface area contributed by atoms with Crippen LogP contribution in [0, 0.1) is 6.42 Å². The number of aromatic nitrogens is 1. The van der Waals surface area contributed by atoms with Gasteiger partial charge in [0.15, 0.2) is 0 Å². The van der Waals surface area contributed by atoms with E-state index in [1.54, 1.807) is 12.4 Å². The second kappa shape index (κ2) is 4.25. The molecule has 1 radical (unpaired) electrons. The van der Waals surface area contributed by atoms with Crippen LogP contribution in [0.3, 0.4) is 0 Å². The van der Waals surface area contributed by atoms with Crippen LogP contribution in [0.4, 0.5) is 0 Å². The van der Waals surface area contributed by atoms with Crippen molar-refractivity contribution in [3.63, 3.8) is 0 Å². The van der Waals surface area contributed by atoms with E-state index in [0.717, 1.165) is 16.1 Å². The Balaban J connectivity index is 2.16. The molecule has 0 aliphatic rings. The summed E-state index contributed by atoms with van der Waals surface area (Å²) in [6, 6.07) is 11.7. The molecular formula is C12H9ClN. The average molecular weight is 203 g/mol. The van der Waals surface area contributed by atoms with Gasteiger partial charge in [-0.3, -0.25) is 4.98 Å². The predicted molar refractivity (Wildman–Crippen MR) is 58.2 cm³/mol. The smallest absolute Gasteiger partial charge is 0.0406 e. The third kappa shape index (κ3) is 2.33. The summed E-state index contributed by atoms with van der Waals surface area (Å²) in [6.07, 6.45) is 5.64. The molecule has 2 aromatic rings. The van der Waals surface area contributed by atoms with Crippen molar-refractivity contribution in [1.82, 2.24) is 4.98 Å². The zero-order valence-corrected chi connectivity index (χ0v) is 8.28. The Hall–Kier alpha value is -1.34.